The second-order valence-electron chi connectivity index (χ2n) is 7.81. The molecule has 29 heavy (non-hydrogen) atoms. The quantitative estimate of drug-likeness (QED) is 0.136. The second kappa shape index (κ2) is 19.0. The van der Waals surface area contributed by atoms with Crippen molar-refractivity contribution < 1.29 is 34.8 Å². The fourth-order valence-electron chi connectivity index (χ4n) is 3.21. The number of aliphatic hydroxyl groups is 4. The number of hydrogen-bond acceptors (Lipinski definition) is 7. The average molecular weight is 419 g/mol. The third-order valence-corrected chi connectivity index (χ3v) is 5.15. The van der Waals surface area contributed by atoms with Gasteiger partial charge in [0.2, 0.25) is 0 Å². The molecule has 0 aromatic heterocycles. The number of aliphatic hydroxyl groups excluding tert-OH is 4. The first-order valence-electron chi connectivity index (χ1n) is 11.3. The fraction of sp³-hybridized carbons (Fsp3) is 0.909. The summed E-state index contributed by atoms with van der Waals surface area (Å²) >= 11 is 0. The molecule has 172 valence electrons. The summed E-state index contributed by atoms with van der Waals surface area (Å²) in [6.07, 6.45) is 9.09. The first-order chi connectivity index (χ1) is 14.0. The lowest BCUT2D eigenvalue weighted by atomic mass is 10.0. The highest BCUT2D eigenvalue weighted by molar-refractivity contribution is 5.72. The van der Waals surface area contributed by atoms with E-state index in [0.717, 1.165) is 19.3 Å². The molecule has 0 aliphatic heterocycles. The van der Waals surface area contributed by atoms with Gasteiger partial charge in [-0.25, -0.2) is 0 Å². The van der Waals surface area contributed by atoms with Gasteiger partial charge in [-0.2, -0.15) is 0 Å². The van der Waals surface area contributed by atoms with E-state index in [0.29, 0.717) is 6.42 Å². The zero-order chi connectivity index (χ0) is 21.9. The van der Waals surface area contributed by atoms with Gasteiger partial charge in [0.1, 0.15) is 18.3 Å². The number of unbranched alkanes of at least 4 members (excludes halogenated alkanes) is 12. The molecule has 4 N–H and O–H groups in total. The fourth-order valence-corrected chi connectivity index (χ4v) is 3.21. The van der Waals surface area contributed by atoms with Crippen LogP contribution < -0.4 is 0 Å². The van der Waals surface area contributed by atoms with Crippen molar-refractivity contribution in [1.82, 2.24) is 0 Å². The van der Waals surface area contributed by atoms with E-state index in [1.165, 1.54) is 57.8 Å². The molecule has 0 spiro atoms. The normalized spacial score (nSPS) is 15.5. The molecule has 7 nitrogen and oxygen atoms in total. The van der Waals surface area contributed by atoms with Gasteiger partial charge in [-0.15, -0.1) is 0 Å². The van der Waals surface area contributed by atoms with Gasteiger partial charge in [-0.05, 0) is 6.42 Å². The lowest BCUT2D eigenvalue weighted by Gasteiger charge is -2.25. The van der Waals surface area contributed by atoms with Crippen LogP contribution in [0.2, 0.25) is 0 Å². The summed E-state index contributed by atoms with van der Waals surface area (Å²) in [6.45, 7) is 1.45. The highest BCUT2D eigenvalue weighted by atomic mass is 16.6. The van der Waals surface area contributed by atoms with Gasteiger partial charge in [-0.1, -0.05) is 84.0 Å². The van der Waals surface area contributed by atoms with E-state index in [-0.39, 0.29) is 12.7 Å². The highest BCUT2D eigenvalue weighted by Crippen LogP contribution is 2.14. The molecule has 0 rings (SSSR count). The zero-order valence-corrected chi connectivity index (χ0v) is 18.0. The van der Waals surface area contributed by atoms with Crippen molar-refractivity contribution in [2.24, 2.45) is 0 Å². The summed E-state index contributed by atoms with van der Waals surface area (Å²) in [4.78, 5) is 22.8. The molecule has 0 unspecified atom stereocenters. The maximum Gasteiger partial charge on any atom is 0.306 e. The van der Waals surface area contributed by atoms with E-state index in [2.05, 4.69) is 6.92 Å². The Balaban J connectivity index is 3.69. The third-order valence-electron chi connectivity index (χ3n) is 5.15. The van der Waals surface area contributed by atoms with Crippen LogP contribution in [-0.2, 0) is 14.3 Å². The van der Waals surface area contributed by atoms with Crippen LogP contribution in [0.15, 0.2) is 0 Å². The Morgan fingerprint density at radius 3 is 1.66 bits per heavy atom. The van der Waals surface area contributed by atoms with Crippen molar-refractivity contribution in [2.45, 2.75) is 121 Å². The second-order valence-corrected chi connectivity index (χ2v) is 7.81. The van der Waals surface area contributed by atoms with Gasteiger partial charge in [0.25, 0.3) is 0 Å². The van der Waals surface area contributed by atoms with Crippen LogP contribution in [-0.4, -0.2) is 63.7 Å². The van der Waals surface area contributed by atoms with E-state index < -0.39 is 37.0 Å². The largest absolute Gasteiger partial charge is 0.452 e. The van der Waals surface area contributed by atoms with Crippen LogP contribution in [0.4, 0.5) is 0 Å². The molecule has 0 aromatic rings. The molecule has 0 radical (unpaired) electrons. The van der Waals surface area contributed by atoms with Gasteiger partial charge in [0.05, 0.1) is 6.61 Å². The lowest BCUT2D eigenvalue weighted by Crippen LogP contribution is -2.48. The monoisotopic (exact) mass is 418 g/mol. The molecule has 0 aliphatic rings. The number of esters is 1. The molecule has 0 saturated heterocycles. The average Bonchev–Trinajstić information content (AvgIpc) is 2.73. The van der Waals surface area contributed by atoms with Gasteiger partial charge in [0, 0.05) is 6.42 Å². The Bertz CT molecular complexity index is 403. The maximum atomic E-state index is 11.8. The maximum absolute atomic E-state index is 11.8. The summed E-state index contributed by atoms with van der Waals surface area (Å²) in [5.41, 5.74) is 0. The van der Waals surface area contributed by atoms with Crippen LogP contribution in [0.1, 0.15) is 96.8 Å². The van der Waals surface area contributed by atoms with Crippen LogP contribution in [0, 0.1) is 0 Å². The van der Waals surface area contributed by atoms with Crippen LogP contribution in [0.5, 0.6) is 0 Å². The Labute approximate surface area is 175 Å². The minimum Gasteiger partial charge on any atom is -0.452 e. The van der Waals surface area contributed by atoms with E-state index in [4.69, 9.17) is 9.84 Å². The van der Waals surface area contributed by atoms with Crippen molar-refractivity contribution in [3.63, 3.8) is 0 Å². The third kappa shape index (κ3) is 14.6. The zero-order valence-electron chi connectivity index (χ0n) is 18.0. The van der Waals surface area contributed by atoms with Crippen LogP contribution >= 0.6 is 0 Å². The van der Waals surface area contributed by atoms with Gasteiger partial charge >= 0.3 is 5.97 Å². The van der Waals surface area contributed by atoms with E-state index in [1.54, 1.807) is 0 Å². The summed E-state index contributed by atoms with van der Waals surface area (Å²) in [6, 6.07) is 0. The van der Waals surface area contributed by atoms with Crippen LogP contribution in [0.25, 0.3) is 0 Å². The van der Waals surface area contributed by atoms with Crippen molar-refractivity contribution >= 4 is 12.3 Å². The standard InChI is InChI=1S/C22H42O7/c1-2-3-4-5-6-7-8-9-10-11-12-13-14-15-20(26)29-19(17-24)22(28)21(27)18(25)16-23/h17-19,21-23,25,27-28H,2-16H2,1H3/t18-,19-,21-,22-/m1/s1. The molecule has 0 bridgehead atoms. The molecule has 0 aromatic carbocycles. The number of aldehydes is 1. The van der Waals surface area contributed by atoms with Gasteiger partial charge in [0.15, 0.2) is 12.4 Å². The van der Waals surface area contributed by atoms with Crippen molar-refractivity contribution in [2.75, 3.05) is 6.61 Å². The molecule has 0 amide bonds. The first kappa shape index (κ1) is 28.0. The predicted molar refractivity (Wildman–Crippen MR) is 111 cm³/mol. The SMILES string of the molecule is CCCCCCCCCCCCCCCC(=O)O[C@H](C=O)[C@@H](O)[C@H](O)[C@H](O)CO. The summed E-state index contributed by atoms with van der Waals surface area (Å²) < 4.78 is 4.87. The molecular weight excluding hydrogens is 376 g/mol. The number of rotatable bonds is 20. The van der Waals surface area contributed by atoms with Crippen molar-refractivity contribution in [3.8, 4) is 0 Å². The first-order valence-corrected chi connectivity index (χ1v) is 11.3. The molecule has 0 saturated carbocycles. The summed E-state index contributed by atoms with van der Waals surface area (Å²) in [7, 11) is 0. The summed E-state index contributed by atoms with van der Waals surface area (Å²) in [5, 5.41) is 37.4. The Hall–Kier alpha value is -1.02. The van der Waals surface area contributed by atoms with E-state index in [9.17, 15) is 24.9 Å². The Kier molecular flexibility index (Phi) is 18.3. The lowest BCUT2D eigenvalue weighted by molar-refractivity contribution is -0.168. The number of hydrogen-bond donors (Lipinski definition) is 4. The molecule has 7 heteroatoms. The highest BCUT2D eigenvalue weighted by Gasteiger charge is 2.33. The molecule has 0 fully saturated rings. The Morgan fingerprint density at radius 2 is 1.24 bits per heavy atom. The number of ether oxygens (including phenoxy) is 1. The number of carbonyl (C=O) groups is 2. The van der Waals surface area contributed by atoms with E-state index >= 15 is 0 Å². The predicted octanol–water partition coefficient (Wildman–Crippen LogP) is 2.65. The Morgan fingerprint density at radius 1 is 0.793 bits per heavy atom. The minimum atomic E-state index is -1.79. The minimum absolute atomic E-state index is 0.132. The van der Waals surface area contributed by atoms with Crippen molar-refractivity contribution in [3.05, 3.63) is 0 Å². The smallest absolute Gasteiger partial charge is 0.306 e. The molecule has 0 heterocycles. The van der Waals surface area contributed by atoms with Gasteiger partial charge < -0.3 is 25.2 Å². The molecule has 4 atom stereocenters. The van der Waals surface area contributed by atoms with Crippen LogP contribution in [0.3, 0.4) is 0 Å². The number of carbonyl (C=O) groups excluding carboxylic acids is 2. The molecular formula is C22H42O7. The topological polar surface area (TPSA) is 124 Å². The van der Waals surface area contributed by atoms with Crippen molar-refractivity contribution in [1.29, 1.82) is 0 Å². The summed E-state index contributed by atoms with van der Waals surface area (Å²) in [5.74, 6) is -0.630. The van der Waals surface area contributed by atoms with Gasteiger partial charge in [-0.3, -0.25) is 9.59 Å². The van der Waals surface area contributed by atoms with E-state index in [1.807, 2.05) is 0 Å². The molecule has 0 aliphatic carbocycles.